The van der Waals surface area contributed by atoms with Crippen LogP contribution in [0.4, 0.5) is 0 Å². The second-order valence-electron chi connectivity index (χ2n) is 4.50. The van der Waals surface area contributed by atoms with Crippen molar-refractivity contribution in [3.8, 4) is 5.95 Å². The molecule has 0 radical (unpaired) electrons. The Morgan fingerprint density at radius 2 is 1.54 bits per heavy atom. The molecular formula is C15H15N3O6. The maximum atomic E-state index is 12.1. The Kier molecular flexibility index (Phi) is 5.25. The molecule has 0 aliphatic carbocycles. The van der Waals surface area contributed by atoms with Crippen LogP contribution in [0.2, 0.25) is 0 Å². The average molecular weight is 333 g/mol. The second kappa shape index (κ2) is 7.36. The van der Waals surface area contributed by atoms with Gasteiger partial charge in [-0.1, -0.05) is 0 Å². The predicted molar refractivity (Wildman–Crippen MR) is 79.5 cm³/mol. The van der Waals surface area contributed by atoms with Crippen molar-refractivity contribution in [2.24, 2.45) is 0 Å². The Hall–Kier alpha value is -3.23. The van der Waals surface area contributed by atoms with Gasteiger partial charge in [-0.3, -0.25) is 14.2 Å². The van der Waals surface area contributed by atoms with Crippen molar-refractivity contribution in [3.05, 3.63) is 42.0 Å². The van der Waals surface area contributed by atoms with Gasteiger partial charge in [0.1, 0.15) is 5.69 Å². The number of aromatic nitrogens is 3. The smallest absolute Gasteiger partial charge is 0.355 e. The molecular weight excluding hydrogens is 318 g/mol. The molecule has 2 rings (SSSR count). The SMILES string of the molecule is COC(=O)c1ccc(C(C(=O)OC)C(=O)OC)n1-c1ncccn1. The summed E-state index contributed by atoms with van der Waals surface area (Å²) in [6.07, 6.45) is 2.91. The molecule has 24 heavy (non-hydrogen) atoms. The fraction of sp³-hybridized carbons (Fsp3) is 0.267. The summed E-state index contributed by atoms with van der Waals surface area (Å²) in [7, 11) is 3.50. The molecule has 0 aliphatic heterocycles. The Bertz CT molecular complexity index is 740. The molecule has 0 saturated carbocycles. The summed E-state index contributed by atoms with van der Waals surface area (Å²) in [6, 6.07) is 4.40. The van der Waals surface area contributed by atoms with Gasteiger partial charge in [-0.25, -0.2) is 14.8 Å². The molecule has 9 nitrogen and oxygen atoms in total. The van der Waals surface area contributed by atoms with Crippen molar-refractivity contribution < 1.29 is 28.6 Å². The van der Waals surface area contributed by atoms with E-state index in [1.165, 1.54) is 36.2 Å². The second-order valence-corrected chi connectivity index (χ2v) is 4.50. The highest BCUT2D eigenvalue weighted by Gasteiger charge is 2.35. The van der Waals surface area contributed by atoms with Gasteiger partial charge in [0.05, 0.1) is 27.0 Å². The van der Waals surface area contributed by atoms with E-state index >= 15 is 0 Å². The quantitative estimate of drug-likeness (QED) is 0.441. The van der Waals surface area contributed by atoms with Gasteiger partial charge in [0.15, 0.2) is 5.92 Å². The van der Waals surface area contributed by atoms with Gasteiger partial charge >= 0.3 is 17.9 Å². The number of ether oxygens (including phenoxy) is 3. The third kappa shape index (κ3) is 3.09. The first-order chi connectivity index (χ1) is 11.5. The van der Waals surface area contributed by atoms with Gasteiger partial charge in [-0.05, 0) is 18.2 Å². The van der Waals surface area contributed by atoms with E-state index in [4.69, 9.17) is 4.74 Å². The van der Waals surface area contributed by atoms with Crippen LogP contribution in [0.15, 0.2) is 30.6 Å². The molecule has 0 atom stereocenters. The zero-order valence-electron chi connectivity index (χ0n) is 13.3. The van der Waals surface area contributed by atoms with Crippen LogP contribution in [-0.4, -0.2) is 53.8 Å². The molecule has 0 fully saturated rings. The normalized spacial score (nSPS) is 10.3. The van der Waals surface area contributed by atoms with E-state index in [1.54, 1.807) is 6.07 Å². The van der Waals surface area contributed by atoms with Gasteiger partial charge < -0.3 is 14.2 Å². The summed E-state index contributed by atoms with van der Waals surface area (Å²) in [6.45, 7) is 0. The summed E-state index contributed by atoms with van der Waals surface area (Å²) >= 11 is 0. The van der Waals surface area contributed by atoms with E-state index in [1.807, 2.05) is 0 Å². The summed E-state index contributed by atoms with van der Waals surface area (Å²) in [4.78, 5) is 44.2. The molecule has 126 valence electrons. The molecule has 2 heterocycles. The van der Waals surface area contributed by atoms with Crippen LogP contribution in [0.25, 0.3) is 5.95 Å². The van der Waals surface area contributed by atoms with Gasteiger partial charge in [-0.15, -0.1) is 0 Å². The molecule has 0 aromatic carbocycles. The molecule has 0 spiro atoms. The lowest BCUT2D eigenvalue weighted by Gasteiger charge is -2.16. The van der Waals surface area contributed by atoms with Crippen molar-refractivity contribution in [2.75, 3.05) is 21.3 Å². The van der Waals surface area contributed by atoms with Gasteiger partial charge in [0.2, 0.25) is 5.95 Å². The Morgan fingerprint density at radius 1 is 0.958 bits per heavy atom. The van der Waals surface area contributed by atoms with Crippen molar-refractivity contribution in [2.45, 2.75) is 5.92 Å². The topological polar surface area (TPSA) is 110 Å². The van der Waals surface area contributed by atoms with Crippen molar-refractivity contribution >= 4 is 17.9 Å². The van der Waals surface area contributed by atoms with Crippen molar-refractivity contribution in [3.63, 3.8) is 0 Å². The largest absolute Gasteiger partial charge is 0.468 e. The molecule has 0 amide bonds. The first-order valence-corrected chi connectivity index (χ1v) is 6.78. The van der Waals surface area contributed by atoms with E-state index in [9.17, 15) is 14.4 Å². The molecule has 0 saturated heterocycles. The highest BCUT2D eigenvalue weighted by molar-refractivity contribution is 6.01. The number of hydrogen-bond acceptors (Lipinski definition) is 8. The highest BCUT2D eigenvalue weighted by Crippen LogP contribution is 2.25. The van der Waals surface area contributed by atoms with Gasteiger partial charge in [0, 0.05) is 12.4 Å². The van der Waals surface area contributed by atoms with E-state index in [0.29, 0.717) is 0 Å². The monoisotopic (exact) mass is 333 g/mol. The number of esters is 3. The maximum absolute atomic E-state index is 12.1. The van der Waals surface area contributed by atoms with Crippen LogP contribution in [0, 0.1) is 0 Å². The molecule has 2 aromatic heterocycles. The zero-order chi connectivity index (χ0) is 17.7. The van der Waals surface area contributed by atoms with Crippen LogP contribution in [0.3, 0.4) is 0 Å². The lowest BCUT2D eigenvalue weighted by molar-refractivity contribution is -0.154. The highest BCUT2D eigenvalue weighted by atomic mass is 16.5. The number of hydrogen-bond donors (Lipinski definition) is 0. The van der Waals surface area contributed by atoms with E-state index < -0.39 is 23.8 Å². The first-order valence-electron chi connectivity index (χ1n) is 6.78. The predicted octanol–water partition coefficient (Wildman–Crippen LogP) is 0.483. The minimum Gasteiger partial charge on any atom is -0.468 e. The Balaban J connectivity index is 2.69. The number of methoxy groups -OCH3 is 3. The Labute approximate surface area is 137 Å². The van der Waals surface area contributed by atoms with Crippen molar-refractivity contribution in [1.82, 2.24) is 14.5 Å². The maximum Gasteiger partial charge on any atom is 0.355 e. The third-order valence-corrected chi connectivity index (χ3v) is 3.23. The lowest BCUT2D eigenvalue weighted by atomic mass is 10.1. The summed E-state index contributed by atoms with van der Waals surface area (Å²) in [5, 5.41) is 0. The summed E-state index contributed by atoms with van der Waals surface area (Å²) < 4.78 is 15.3. The van der Waals surface area contributed by atoms with E-state index in [-0.39, 0.29) is 17.3 Å². The minimum atomic E-state index is -1.40. The van der Waals surface area contributed by atoms with Gasteiger partial charge in [-0.2, -0.15) is 0 Å². The number of nitrogens with zero attached hydrogens (tertiary/aromatic N) is 3. The third-order valence-electron chi connectivity index (χ3n) is 3.23. The number of carbonyl (C=O) groups is 3. The van der Waals surface area contributed by atoms with Crippen LogP contribution in [0.1, 0.15) is 22.1 Å². The van der Waals surface area contributed by atoms with Crippen LogP contribution in [-0.2, 0) is 23.8 Å². The van der Waals surface area contributed by atoms with Crippen LogP contribution in [0.5, 0.6) is 0 Å². The molecule has 0 bridgehead atoms. The number of rotatable bonds is 5. The molecule has 9 heteroatoms. The standard InChI is InChI=1S/C15H15N3O6/c1-22-12(19)10-6-5-9(11(13(20)23-2)14(21)24-3)18(10)15-16-7-4-8-17-15/h4-8,11H,1-3H3. The molecule has 0 aliphatic rings. The fourth-order valence-electron chi connectivity index (χ4n) is 2.15. The van der Waals surface area contributed by atoms with Crippen molar-refractivity contribution in [1.29, 1.82) is 0 Å². The fourth-order valence-corrected chi connectivity index (χ4v) is 2.15. The van der Waals surface area contributed by atoms with Crippen LogP contribution >= 0.6 is 0 Å². The van der Waals surface area contributed by atoms with Crippen LogP contribution < -0.4 is 0 Å². The first kappa shape index (κ1) is 17.1. The van der Waals surface area contributed by atoms with E-state index in [0.717, 1.165) is 14.2 Å². The molecule has 2 aromatic rings. The lowest BCUT2D eigenvalue weighted by Crippen LogP contribution is -2.27. The Morgan fingerprint density at radius 3 is 2.04 bits per heavy atom. The average Bonchev–Trinajstić information content (AvgIpc) is 3.06. The zero-order valence-corrected chi connectivity index (χ0v) is 13.3. The molecule has 0 N–H and O–H groups in total. The summed E-state index contributed by atoms with van der Waals surface area (Å²) in [5.74, 6) is -3.66. The number of carbonyl (C=O) groups excluding carboxylic acids is 3. The minimum absolute atomic E-state index is 0.0523. The van der Waals surface area contributed by atoms with Gasteiger partial charge in [0.25, 0.3) is 0 Å². The molecule has 0 unspecified atom stereocenters. The summed E-state index contributed by atoms with van der Waals surface area (Å²) in [5.41, 5.74) is 0.178. The van der Waals surface area contributed by atoms with E-state index in [2.05, 4.69) is 19.4 Å².